The predicted octanol–water partition coefficient (Wildman–Crippen LogP) is 3.01. The second kappa shape index (κ2) is 9.50. The first-order chi connectivity index (χ1) is 10.1. The zero-order valence-corrected chi connectivity index (χ0v) is 13.4. The van der Waals surface area contributed by atoms with Gasteiger partial charge in [0, 0.05) is 30.9 Å². The maximum atomic E-state index is 12.1. The first kappa shape index (κ1) is 17.6. The highest BCUT2D eigenvalue weighted by Crippen LogP contribution is 2.12. The molecule has 1 fully saturated rings. The van der Waals surface area contributed by atoms with E-state index in [9.17, 15) is 9.18 Å². The van der Waals surface area contributed by atoms with Crippen LogP contribution in [0.4, 0.5) is 4.39 Å². The highest BCUT2D eigenvalue weighted by atomic mass is 19.1. The average molecular weight is 294 g/mol. The van der Waals surface area contributed by atoms with Gasteiger partial charge in [0.15, 0.2) is 0 Å². The Bertz CT molecular complexity index is 421. The summed E-state index contributed by atoms with van der Waals surface area (Å²) in [7, 11) is 0. The second-order valence-corrected chi connectivity index (χ2v) is 5.54. The number of hydrogen-bond acceptors (Lipinski definition) is 3. The average Bonchev–Trinajstić information content (AvgIpc) is 2.42. The minimum atomic E-state index is -0.239. The van der Waals surface area contributed by atoms with Gasteiger partial charge in [-0.3, -0.25) is 14.1 Å². The lowest BCUT2D eigenvalue weighted by atomic mass is 10.1. The number of rotatable bonds is 9. The molecule has 21 heavy (non-hydrogen) atoms. The van der Waals surface area contributed by atoms with Crippen LogP contribution in [-0.4, -0.2) is 43.5 Å². The van der Waals surface area contributed by atoms with Gasteiger partial charge in [0.2, 0.25) is 0 Å². The van der Waals surface area contributed by atoms with Gasteiger partial charge >= 0.3 is 0 Å². The highest BCUT2D eigenvalue weighted by molar-refractivity contribution is 5.79. The van der Waals surface area contributed by atoms with E-state index in [1.807, 2.05) is 39.0 Å². The zero-order chi connectivity index (χ0) is 15.7. The first-order valence-electron chi connectivity index (χ1n) is 7.66. The molecule has 1 aliphatic rings. The lowest BCUT2D eigenvalue weighted by molar-refractivity contribution is -0.104. The third-order valence-electron chi connectivity index (χ3n) is 3.55. The van der Waals surface area contributed by atoms with Crippen molar-refractivity contribution in [2.75, 3.05) is 26.3 Å². The largest absolute Gasteiger partial charge is 0.383 e. The quantitative estimate of drug-likeness (QED) is 0.403. The molecule has 1 saturated heterocycles. The molecule has 0 bridgehead atoms. The van der Waals surface area contributed by atoms with Crippen molar-refractivity contribution in [3.8, 4) is 0 Å². The number of halogens is 1. The molecule has 1 rings (SSSR count). The summed E-state index contributed by atoms with van der Waals surface area (Å²) in [5.41, 5.74) is 2.75. The molecule has 3 nitrogen and oxygen atoms in total. The van der Waals surface area contributed by atoms with Gasteiger partial charge in [-0.25, -0.2) is 0 Å². The number of nitrogens with zero attached hydrogens (tertiary/aromatic N) is 1. The van der Waals surface area contributed by atoms with E-state index in [0.29, 0.717) is 12.5 Å². The van der Waals surface area contributed by atoms with Crippen molar-refractivity contribution in [1.82, 2.24) is 10.2 Å². The van der Waals surface area contributed by atoms with Crippen LogP contribution in [0.1, 0.15) is 33.6 Å². The summed E-state index contributed by atoms with van der Waals surface area (Å²) in [6, 6.07) is 0.430. The van der Waals surface area contributed by atoms with Crippen LogP contribution in [0.25, 0.3) is 0 Å². The summed E-state index contributed by atoms with van der Waals surface area (Å²) >= 11 is 0. The van der Waals surface area contributed by atoms with Crippen LogP contribution >= 0.6 is 0 Å². The molecular weight excluding hydrogens is 267 g/mol. The van der Waals surface area contributed by atoms with E-state index in [0.717, 1.165) is 49.2 Å². The van der Waals surface area contributed by atoms with Crippen LogP contribution in [0.15, 0.2) is 35.1 Å². The third kappa shape index (κ3) is 6.25. The van der Waals surface area contributed by atoms with Crippen molar-refractivity contribution in [1.29, 1.82) is 0 Å². The van der Waals surface area contributed by atoms with Crippen molar-refractivity contribution < 1.29 is 9.18 Å². The number of allylic oxidation sites excluding steroid dienone is 6. The first-order valence-corrected chi connectivity index (χ1v) is 7.66. The smallest absolute Gasteiger partial charge is 0.150 e. The van der Waals surface area contributed by atoms with Crippen LogP contribution in [0, 0.1) is 0 Å². The fourth-order valence-electron chi connectivity index (χ4n) is 2.41. The Hall–Kier alpha value is -1.42. The Morgan fingerprint density at radius 3 is 2.67 bits per heavy atom. The second-order valence-electron chi connectivity index (χ2n) is 5.54. The van der Waals surface area contributed by atoms with Crippen LogP contribution in [0.3, 0.4) is 0 Å². The summed E-state index contributed by atoms with van der Waals surface area (Å²) < 4.78 is 12.1. The van der Waals surface area contributed by atoms with Crippen molar-refractivity contribution in [3.05, 3.63) is 35.1 Å². The Morgan fingerprint density at radius 2 is 2.10 bits per heavy atom. The van der Waals surface area contributed by atoms with Gasteiger partial charge in [0.25, 0.3) is 0 Å². The van der Waals surface area contributed by atoms with Gasteiger partial charge in [-0.15, -0.1) is 0 Å². The summed E-state index contributed by atoms with van der Waals surface area (Å²) in [5.74, 6) is 0. The van der Waals surface area contributed by atoms with Gasteiger partial charge in [0.1, 0.15) is 6.29 Å². The molecule has 0 spiro atoms. The van der Waals surface area contributed by atoms with Crippen molar-refractivity contribution >= 4 is 6.29 Å². The molecule has 0 saturated carbocycles. The molecule has 1 N–H and O–H groups in total. The Balaban J connectivity index is 2.48. The van der Waals surface area contributed by atoms with Crippen LogP contribution in [0.5, 0.6) is 0 Å². The van der Waals surface area contributed by atoms with Gasteiger partial charge < -0.3 is 5.32 Å². The molecule has 118 valence electrons. The SMILES string of the molecule is CC/C=C/C(C=O)=C(C)\C=C(/C)NC1CN(CCCF)C1. The number of carbonyl (C=O) groups excluding carboxylic acids is 1. The molecule has 0 aromatic heterocycles. The molecule has 0 atom stereocenters. The molecule has 0 aliphatic carbocycles. The Kier molecular flexibility index (Phi) is 7.98. The van der Waals surface area contributed by atoms with Gasteiger partial charge in [-0.2, -0.15) is 0 Å². The summed E-state index contributed by atoms with van der Waals surface area (Å²) in [6.07, 6.45) is 8.30. The molecule has 0 unspecified atom stereocenters. The Labute approximate surface area is 127 Å². The van der Waals surface area contributed by atoms with E-state index >= 15 is 0 Å². The predicted molar refractivity (Wildman–Crippen MR) is 85.9 cm³/mol. The summed E-state index contributed by atoms with van der Waals surface area (Å²) in [6.45, 7) is 8.53. The fraction of sp³-hybridized carbons (Fsp3) is 0.588. The monoisotopic (exact) mass is 294 g/mol. The van der Waals surface area contributed by atoms with E-state index < -0.39 is 0 Å². The van der Waals surface area contributed by atoms with Crippen molar-refractivity contribution in [2.24, 2.45) is 0 Å². The molecule has 1 heterocycles. The minimum Gasteiger partial charge on any atom is -0.383 e. The van der Waals surface area contributed by atoms with Crippen molar-refractivity contribution in [2.45, 2.75) is 39.7 Å². The maximum absolute atomic E-state index is 12.1. The lowest BCUT2D eigenvalue weighted by Gasteiger charge is -2.40. The minimum absolute atomic E-state index is 0.239. The number of nitrogens with one attached hydrogen (secondary N) is 1. The molecule has 4 heteroatoms. The van der Waals surface area contributed by atoms with Crippen molar-refractivity contribution in [3.63, 3.8) is 0 Å². The topological polar surface area (TPSA) is 32.3 Å². The molecule has 0 aromatic carbocycles. The standard InChI is InChI=1S/C17H27FN2O/c1-4-5-7-16(13-21)14(2)10-15(3)19-17-11-20(12-17)9-6-8-18/h5,7,10,13,17,19H,4,6,8-9,11-12H2,1-3H3/b7-5+,15-10+,16-14+. The number of hydrogen-bond donors (Lipinski definition) is 1. The molecular formula is C17H27FN2O. The molecule has 0 aromatic rings. The van der Waals surface area contributed by atoms with Crippen LogP contribution < -0.4 is 5.32 Å². The number of likely N-dealkylation sites (tertiary alicyclic amines) is 1. The maximum Gasteiger partial charge on any atom is 0.150 e. The Morgan fingerprint density at radius 1 is 1.38 bits per heavy atom. The third-order valence-corrected chi connectivity index (χ3v) is 3.55. The summed E-state index contributed by atoms with van der Waals surface area (Å²) in [5, 5.41) is 3.44. The molecule has 0 amide bonds. The van der Waals surface area contributed by atoms with Gasteiger partial charge in [0.05, 0.1) is 12.7 Å². The van der Waals surface area contributed by atoms with E-state index in [-0.39, 0.29) is 6.67 Å². The van der Waals surface area contributed by atoms with Gasteiger partial charge in [-0.1, -0.05) is 19.1 Å². The fourth-order valence-corrected chi connectivity index (χ4v) is 2.41. The zero-order valence-electron chi connectivity index (χ0n) is 13.4. The number of alkyl halides is 1. The molecule has 0 radical (unpaired) electrons. The number of aldehydes is 1. The normalized spacial score (nSPS) is 18.6. The van der Waals surface area contributed by atoms with Crippen LogP contribution in [-0.2, 0) is 4.79 Å². The molecule has 1 aliphatic heterocycles. The highest BCUT2D eigenvalue weighted by Gasteiger charge is 2.25. The van der Waals surface area contributed by atoms with Gasteiger partial charge in [-0.05, 0) is 38.3 Å². The van der Waals surface area contributed by atoms with E-state index in [1.54, 1.807) is 0 Å². The van der Waals surface area contributed by atoms with E-state index in [1.165, 1.54) is 0 Å². The summed E-state index contributed by atoms with van der Waals surface area (Å²) in [4.78, 5) is 13.3. The lowest BCUT2D eigenvalue weighted by Crippen LogP contribution is -2.57. The van der Waals surface area contributed by atoms with Crippen LogP contribution in [0.2, 0.25) is 0 Å². The number of carbonyl (C=O) groups is 1. The van der Waals surface area contributed by atoms with E-state index in [4.69, 9.17) is 0 Å². The van der Waals surface area contributed by atoms with E-state index in [2.05, 4.69) is 10.2 Å².